The van der Waals surface area contributed by atoms with Gasteiger partial charge in [0.05, 0.1) is 18.9 Å². The smallest absolute Gasteiger partial charge is 0.273 e. The SMILES string of the molecule is COc1cccc(/C=N/NC(=O)c2ccccc2N)c1OCc1ccc(C)cc1. The van der Waals surface area contributed by atoms with Crippen LogP contribution in [0.3, 0.4) is 0 Å². The first kappa shape index (κ1) is 19.9. The van der Waals surface area contributed by atoms with Gasteiger partial charge >= 0.3 is 0 Å². The molecule has 0 bridgehead atoms. The van der Waals surface area contributed by atoms with E-state index in [1.165, 1.54) is 11.8 Å². The number of nitrogen functional groups attached to an aromatic ring is 1. The molecule has 29 heavy (non-hydrogen) atoms. The molecule has 0 aliphatic rings. The molecule has 0 atom stereocenters. The molecule has 148 valence electrons. The number of carbonyl (C=O) groups is 1. The summed E-state index contributed by atoms with van der Waals surface area (Å²) in [6.07, 6.45) is 1.52. The van der Waals surface area contributed by atoms with Gasteiger partial charge in [0, 0.05) is 11.3 Å². The lowest BCUT2D eigenvalue weighted by atomic mass is 10.1. The zero-order chi connectivity index (χ0) is 20.6. The van der Waals surface area contributed by atoms with Crippen molar-refractivity contribution in [3.05, 3.63) is 89.0 Å². The zero-order valence-corrected chi connectivity index (χ0v) is 16.4. The molecule has 0 heterocycles. The van der Waals surface area contributed by atoms with Gasteiger partial charge in [-0.25, -0.2) is 5.43 Å². The zero-order valence-electron chi connectivity index (χ0n) is 16.4. The maximum absolute atomic E-state index is 12.2. The number of nitrogens with zero attached hydrogens (tertiary/aromatic N) is 1. The van der Waals surface area contributed by atoms with E-state index in [0.717, 1.165) is 5.56 Å². The molecule has 0 aliphatic heterocycles. The van der Waals surface area contributed by atoms with Crippen molar-refractivity contribution in [3.63, 3.8) is 0 Å². The molecule has 0 saturated heterocycles. The molecule has 0 aromatic heterocycles. The first-order valence-electron chi connectivity index (χ1n) is 9.11. The molecule has 3 aromatic carbocycles. The molecule has 6 nitrogen and oxygen atoms in total. The standard InChI is InChI=1S/C23H23N3O3/c1-16-10-12-17(13-11-16)15-29-22-18(6-5-9-21(22)28-2)14-25-26-23(27)19-7-3-4-8-20(19)24/h3-14H,15,24H2,1-2H3,(H,26,27)/b25-14+. The molecule has 3 rings (SSSR count). The van der Waals surface area contributed by atoms with E-state index in [4.69, 9.17) is 15.2 Å². The number of nitrogens with one attached hydrogen (secondary N) is 1. The monoisotopic (exact) mass is 389 g/mol. The van der Waals surface area contributed by atoms with Crippen LogP contribution in [0.15, 0.2) is 71.8 Å². The predicted octanol–water partition coefficient (Wildman–Crippen LogP) is 3.93. The van der Waals surface area contributed by atoms with E-state index < -0.39 is 0 Å². The molecule has 0 aliphatic carbocycles. The second-order valence-corrected chi connectivity index (χ2v) is 6.44. The fraction of sp³-hybridized carbons (Fsp3) is 0.130. The van der Waals surface area contributed by atoms with E-state index >= 15 is 0 Å². The van der Waals surface area contributed by atoms with Gasteiger partial charge in [0.15, 0.2) is 11.5 Å². The average Bonchev–Trinajstić information content (AvgIpc) is 2.74. The Morgan fingerprint density at radius 1 is 1.07 bits per heavy atom. The lowest BCUT2D eigenvalue weighted by Gasteiger charge is -2.13. The molecule has 0 radical (unpaired) electrons. The third-order valence-corrected chi connectivity index (χ3v) is 4.31. The van der Waals surface area contributed by atoms with Crippen LogP contribution in [-0.2, 0) is 6.61 Å². The Morgan fingerprint density at radius 3 is 2.55 bits per heavy atom. The van der Waals surface area contributed by atoms with Gasteiger partial charge in [-0.3, -0.25) is 4.79 Å². The largest absolute Gasteiger partial charge is 0.493 e. The van der Waals surface area contributed by atoms with Gasteiger partial charge < -0.3 is 15.2 Å². The molecule has 6 heteroatoms. The van der Waals surface area contributed by atoms with Crippen molar-refractivity contribution in [2.24, 2.45) is 5.10 Å². The average molecular weight is 389 g/mol. The number of para-hydroxylation sites is 2. The fourth-order valence-corrected chi connectivity index (χ4v) is 2.71. The van der Waals surface area contributed by atoms with E-state index in [1.54, 1.807) is 31.4 Å². The van der Waals surface area contributed by atoms with Crippen LogP contribution in [0.2, 0.25) is 0 Å². The number of methoxy groups -OCH3 is 1. The van der Waals surface area contributed by atoms with Crippen LogP contribution in [0.5, 0.6) is 11.5 Å². The molecule has 0 spiro atoms. The van der Waals surface area contributed by atoms with Gasteiger partial charge in [-0.05, 0) is 36.8 Å². The second-order valence-electron chi connectivity index (χ2n) is 6.44. The molecular weight excluding hydrogens is 366 g/mol. The van der Waals surface area contributed by atoms with Crippen molar-refractivity contribution < 1.29 is 14.3 Å². The normalized spacial score (nSPS) is 10.7. The molecule has 3 N–H and O–H groups in total. The summed E-state index contributed by atoms with van der Waals surface area (Å²) in [4.78, 5) is 12.2. The number of aryl methyl sites for hydroxylation is 1. The minimum atomic E-state index is -0.385. The van der Waals surface area contributed by atoms with Crippen molar-refractivity contribution in [2.45, 2.75) is 13.5 Å². The van der Waals surface area contributed by atoms with E-state index in [2.05, 4.69) is 10.5 Å². The maximum atomic E-state index is 12.2. The molecule has 0 unspecified atom stereocenters. The Hall–Kier alpha value is -3.80. The molecule has 1 amide bonds. The first-order valence-corrected chi connectivity index (χ1v) is 9.11. The molecule has 0 fully saturated rings. The number of anilines is 1. The number of benzene rings is 3. The van der Waals surface area contributed by atoms with E-state index in [1.807, 2.05) is 49.4 Å². The predicted molar refractivity (Wildman–Crippen MR) is 114 cm³/mol. The van der Waals surface area contributed by atoms with Gasteiger partial charge in [0.1, 0.15) is 6.61 Å². The van der Waals surface area contributed by atoms with Crippen molar-refractivity contribution in [1.29, 1.82) is 0 Å². The van der Waals surface area contributed by atoms with Crippen LogP contribution in [-0.4, -0.2) is 19.2 Å². The summed E-state index contributed by atoms with van der Waals surface area (Å²) in [5.74, 6) is 0.747. The molecular formula is C23H23N3O3. The molecule has 3 aromatic rings. The van der Waals surface area contributed by atoms with Gasteiger partial charge in [0.2, 0.25) is 0 Å². The third-order valence-electron chi connectivity index (χ3n) is 4.31. The lowest BCUT2D eigenvalue weighted by molar-refractivity contribution is 0.0956. The first-order chi connectivity index (χ1) is 14.1. The highest BCUT2D eigenvalue weighted by molar-refractivity contribution is 5.99. The topological polar surface area (TPSA) is 85.9 Å². The highest BCUT2D eigenvalue weighted by Crippen LogP contribution is 2.30. The van der Waals surface area contributed by atoms with Crippen LogP contribution in [0, 0.1) is 6.92 Å². The lowest BCUT2D eigenvalue weighted by Crippen LogP contribution is -2.19. The number of hydrazone groups is 1. The number of nitrogens with two attached hydrogens (primary N) is 1. The minimum absolute atomic E-state index is 0.367. The van der Waals surface area contributed by atoms with Gasteiger partial charge in [-0.2, -0.15) is 5.10 Å². The number of hydrogen-bond donors (Lipinski definition) is 2. The Morgan fingerprint density at radius 2 is 1.83 bits per heavy atom. The number of carbonyl (C=O) groups excluding carboxylic acids is 1. The van der Waals surface area contributed by atoms with E-state index in [-0.39, 0.29) is 5.91 Å². The van der Waals surface area contributed by atoms with Gasteiger partial charge in [-0.15, -0.1) is 0 Å². The number of amides is 1. The van der Waals surface area contributed by atoms with Gasteiger partial charge in [-0.1, -0.05) is 48.0 Å². The summed E-state index contributed by atoms with van der Waals surface area (Å²) in [7, 11) is 1.58. The Balaban J connectivity index is 1.74. The van der Waals surface area contributed by atoms with Gasteiger partial charge in [0.25, 0.3) is 5.91 Å². The summed E-state index contributed by atoms with van der Waals surface area (Å²) in [6.45, 7) is 2.42. The van der Waals surface area contributed by atoms with E-state index in [9.17, 15) is 4.79 Å². The summed E-state index contributed by atoms with van der Waals surface area (Å²) in [5.41, 5.74) is 12.0. The van der Waals surface area contributed by atoms with Crippen LogP contribution in [0.25, 0.3) is 0 Å². The summed E-state index contributed by atoms with van der Waals surface area (Å²) in [5, 5.41) is 4.05. The minimum Gasteiger partial charge on any atom is -0.493 e. The van der Waals surface area contributed by atoms with Crippen LogP contribution in [0.4, 0.5) is 5.69 Å². The van der Waals surface area contributed by atoms with Crippen molar-refractivity contribution in [2.75, 3.05) is 12.8 Å². The fourth-order valence-electron chi connectivity index (χ4n) is 2.71. The maximum Gasteiger partial charge on any atom is 0.273 e. The summed E-state index contributed by atoms with van der Waals surface area (Å²) in [6, 6.07) is 20.4. The van der Waals surface area contributed by atoms with Crippen LogP contribution >= 0.6 is 0 Å². The van der Waals surface area contributed by atoms with Crippen molar-refractivity contribution in [1.82, 2.24) is 5.43 Å². The second kappa shape index (κ2) is 9.41. The molecule has 0 saturated carbocycles. The Kier molecular flexibility index (Phi) is 6.47. The summed E-state index contributed by atoms with van der Waals surface area (Å²) >= 11 is 0. The van der Waals surface area contributed by atoms with Crippen LogP contribution < -0.4 is 20.6 Å². The third kappa shape index (κ3) is 5.13. The highest BCUT2D eigenvalue weighted by Gasteiger charge is 2.11. The van der Waals surface area contributed by atoms with E-state index in [0.29, 0.717) is 34.9 Å². The van der Waals surface area contributed by atoms with Crippen molar-refractivity contribution in [3.8, 4) is 11.5 Å². The highest BCUT2D eigenvalue weighted by atomic mass is 16.5. The van der Waals surface area contributed by atoms with Crippen LogP contribution in [0.1, 0.15) is 27.0 Å². The Labute approximate surface area is 170 Å². The number of ether oxygens (including phenoxy) is 2. The Bertz CT molecular complexity index is 1010. The summed E-state index contributed by atoms with van der Waals surface area (Å²) < 4.78 is 11.4. The number of hydrogen-bond acceptors (Lipinski definition) is 5. The quantitative estimate of drug-likeness (QED) is 0.364. The van der Waals surface area contributed by atoms with Crippen molar-refractivity contribution >= 4 is 17.8 Å². The number of rotatable bonds is 7.